The van der Waals surface area contributed by atoms with Crippen molar-refractivity contribution in [2.24, 2.45) is 11.1 Å². The Bertz CT molecular complexity index is 476. The molecule has 1 aromatic rings. The first-order valence-corrected chi connectivity index (χ1v) is 6.67. The molecule has 0 aliphatic heterocycles. The lowest BCUT2D eigenvalue weighted by molar-refractivity contribution is -0.124. The second-order valence-corrected chi connectivity index (χ2v) is 5.35. The van der Waals surface area contributed by atoms with Gasteiger partial charge in [0.1, 0.15) is 0 Å². The lowest BCUT2D eigenvalue weighted by Gasteiger charge is -2.25. The number of amides is 2. The molecule has 5 nitrogen and oxygen atoms in total. The Hall–Kier alpha value is -1.88. The number of anilines is 1. The van der Waals surface area contributed by atoms with Crippen LogP contribution in [0.5, 0.6) is 0 Å². The second kappa shape index (κ2) is 6.52. The summed E-state index contributed by atoms with van der Waals surface area (Å²) in [5.41, 5.74) is 6.34. The van der Waals surface area contributed by atoms with E-state index in [1.807, 2.05) is 13.8 Å². The van der Waals surface area contributed by atoms with Crippen LogP contribution in [0.3, 0.4) is 0 Å². The number of hydrogen-bond acceptors (Lipinski definition) is 3. The van der Waals surface area contributed by atoms with E-state index in [4.69, 9.17) is 5.73 Å². The first kappa shape index (κ1) is 16.2. The molecule has 1 rings (SSSR count). The molecule has 0 radical (unpaired) electrons. The van der Waals surface area contributed by atoms with Crippen molar-refractivity contribution < 1.29 is 9.59 Å². The van der Waals surface area contributed by atoms with Crippen molar-refractivity contribution in [3.63, 3.8) is 0 Å². The Balaban J connectivity index is 2.81. The number of nitrogens with one attached hydrogen (secondary N) is 1. The normalized spacial score (nSPS) is 13.4. The summed E-state index contributed by atoms with van der Waals surface area (Å²) in [6.07, 6.45) is 0.673. The Labute approximate surface area is 120 Å². The number of nitrogens with two attached hydrogens (primary N) is 1. The molecule has 0 aromatic heterocycles. The van der Waals surface area contributed by atoms with E-state index in [-0.39, 0.29) is 11.8 Å². The average Bonchev–Trinajstić information content (AvgIpc) is 2.46. The van der Waals surface area contributed by atoms with Crippen LogP contribution in [0.15, 0.2) is 24.3 Å². The fraction of sp³-hybridized carbons (Fsp3) is 0.467. The molecule has 2 amide bonds. The lowest BCUT2D eigenvalue weighted by atomic mass is 9.86. The highest BCUT2D eigenvalue weighted by Crippen LogP contribution is 2.22. The third-order valence-electron chi connectivity index (χ3n) is 3.57. The topological polar surface area (TPSA) is 75.4 Å². The zero-order valence-corrected chi connectivity index (χ0v) is 12.6. The quantitative estimate of drug-likeness (QED) is 0.860. The van der Waals surface area contributed by atoms with E-state index in [1.54, 1.807) is 38.4 Å². The Morgan fingerprint density at radius 1 is 1.25 bits per heavy atom. The van der Waals surface area contributed by atoms with E-state index >= 15 is 0 Å². The van der Waals surface area contributed by atoms with Crippen LogP contribution in [0.1, 0.15) is 30.6 Å². The summed E-state index contributed by atoms with van der Waals surface area (Å²) in [4.78, 5) is 25.4. The lowest BCUT2D eigenvalue weighted by Crippen LogP contribution is -2.39. The highest BCUT2D eigenvalue weighted by molar-refractivity contribution is 5.97. The number of benzene rings is 1. The van der Waals surface area contributed by atoms with Crippen LogP contribution in [0.25, 0.3) is 0 Å². The molecular formula is C15H23N3O2. The first-order valence-electron chi connectivity index (χ1n) is 6.67. The van der Waals surface area contributed by atoms with E-state index < -0.39 is 5.41 Å². The minimum absolute atomic E-state index is 0.0665. The van der Waals surface area contributed by atoms with Crippen LogP contribution in [0.2, 0.25) is 0 Å². The fourth-order valence-electron chi connectivity index (χ4n) is 1.63. The molecule has 1 atom stereocenters. The van der Waals surface area contributed by atoms with Gasteiger partial charge in [-0.05, 0) is 37.6 Å². The average molecular weight is 277 g/mol. The van der Waals surface area contributed by atoms with Gasteiger partial charge in [0, 0.05) is 31.9 Å². The van der Waals surface area contributed by atoms with E-state index in [0.717, 1.165) is 0 Å². The predicted octanol–water partition coefficient (Wildman–Crippen LogP) is 1.70. The van der Waals surface area contributed by atoms with Crippen LogP contribution in [0.4, 0.5) is 5.69 Å². The third kappa shape index (κ3) is 3.57. The van der Waals surface area contributed by atoms with Gasteiger partial charge < -0.3 is 16.0 Å². The van der Waals surface area contributed by atoms with E-state index in [9.17, 15) is 9.59 Å². The monoisotopic (exact) mass is 277 g/mol. The highest BCUT2D eigenvalue weighted by Gasteiger charge is 2.29. The van der Waals surface area contributed by atoms with E-state index in [1.165, 1.54) is 4.90 Å². The van der Waals surface area contributed by atoms with Crippen molar-refractivity contribution in [1.82, 2.24) is 4.90 Å². The van der Waals surface area contributed by atoms with Gasteiger partial charge in [-0.3, -0.25) is 9.59 Å². The summed E-state index contributed by atoms with van der Waals surface area (Å²) in [5.74, 6) is -0.169. The van der Waals surface area contributed by atoms with Gasteiger partial charge in [0.25, 0.3) is 5.91 Å². The van der Waals surface area contributed by atoms with Gasteiger partial charge in [-0.2, -0.15) is 0 Å². The van der Waals surface area contributed by atoms with E-state index in [2.05, 4.69) is 5.32 Å². The SMILES string of the molecule is CCC(C)(CN)C(=O)Nc1ccc(C(=O)N(C)C)cc1. The van der Waals surface area contributed by atoms with Crippen molar-refractivity contribution in [3.8, 4) is 0 Å². The Morgan fingerprint density at radius 2 is 1.80 bits per heavy atom. The van der Waals surface area contributed by atoms with Gasteiger partial charge in [-0.25, -0.2) is 0 Å². The van der Waals surface area contributed by atoms with Crippen molar-refractivity contribution in [2.75, 3.05) is 26.0 Å². The molecule has 5 heteroatoms. The molecule has 0 saturated heterocycles. The largest absolute Gasteiger partial charge is 0.345 e. The number of carbonyl (C=O) groups is 2. The van der Waals surface area contributed by atoms with Crippen LogP contribution in [0, 0.1) is 5.41 Å². The van der Waals surface area contributed by atoms with Crippen LogP contribution in [-0.2, 0) is 4.79 Å². The molecular weight excluding hydrogens is 254 g/mol. The van der Waals surface area contributed by atoms with Gasteiger partial charge in [-0.1, -0.05) is 6.92 Å². The van der Waals surface area contributed by atoms with Crippen molar-refractivity contribution in [2.45, 2.75) is 20.3 Å². The summed E-state index contributed by atoms with van der Waals surface area (Å²) in [6, 6.07) is 6.84. The molecule has 1 aromatic carbocycles. The molecule has 0 aliphatic carbocycles. The zero-order valence-electron chi connectivity index (χ0n) is 12.6. The van der Waals surface area contributed by atoms with E-state index in [0.29, 0.717) is 24.2 Å². The predicted molar refractivity (Wildman–Crippen MR) is 80.5 cm³/mol. The number of carbonyl (C=O) groups excluding carboxylic acids is 2. The molecule has 0 aliphatic rings. The molecule has 3 N–H and O–H groups in total. The maximum Gasteiger partial charge on any atom is 0.253 e. The Morgan fingerprint density at radius 3 is 2.20 bits per heavy atom. The molecule has 0 fully saturated rings. The summed E-state index contributed by atoms with van der Waals surface area (Å²) >= 11 is 0. The minimum atomic E-state index is -0.571. The molecule has 0 heterocycles. The molecule has 0 bridgehead atoms. The van der Waals surface area contributed by atoms with Crippen LogP contribution < -0.4 is 11.1 Å². The maximum absolute atomic E-state index is 12.2. The van der Waals surface area contributed by atoms with Crippen molar-refractivity contribution >= 4 is 17.5 Å². The zero-order chi connectivity index (χ0) is 15.3. The molecule has 110 valence electrons. The summed E-state index contributed by atoms with van der Waals surface area (Å²) in [6.45, 7) is 4.07. The highest BCUT2D eigenvalue weighted by atomic mass is 16.2. The summed E-state index contributed by atoms with van der Waals surface area (Å²) in [7, 11) is 3.40. The number of nitrogens with zero attached hydrogens (tertiary/aromatic N) is 1. The standard InChI is InChI=1S/C15H23N3O2/c1-5-15(2,10-16)14(20)17-12-8-6-11(7-9-12)13(19)18(3)4/h6-9H,5,10,16H2,1-4H3,(H,17,20). The van der Waals surface area contributed by atoms with Crippen LogP contribution >= 0.6 is 0 Å². The van der Waals surface area contributed by atoms with Gasteiger partial charge >= 0.3 is 0 Å². The molecule has 20 heavy (non-hydrogen) atoms. The van der Waals surface area contributed by atoms with Crippen molar-refractivity contribution in [1.29, 1.82) is 0 Å². The third-order valence-corrected chi connectivity index (χ3v) is 3.57. The fourth-order valence-corrected chi connectivity index (χ4v) is 1.63. The van der Waals surface area contributed by atoms with Gasteiger partial charge in [-0.15, -0.1) is 0 Å². The number of rotatable bonds is 5. The van der Waals surface area contributed by atoms with Crippen LogP contribution in [-0.4, -0.2) is 37.4 Å². The first-order chi connectivity index (χ1) is 9.34. The number of hydrogen-bond donors (Lipinski definition) is 2. The molecule has 1 unspecified atom stereocenters. The smallest absolute Gasteiger partial charge is 0.253 e. The summed E-state index contributed by atoms with van der Waals surface area (Å²) in [5, 5.41) is 2.84. The van der Waals surface area contributed by atoms with Gasteiger partial charge in [0.2, 0.25) is 5.91 Å². The van der Waals surface area contributed by atoms with Gasteiger partial charge in [0.05, 0.1) is 5.41 Å². The van der Waals surface area contributed by atoms with Gasteiger partial charge in [0.15, 0.2) is 0 Å². The summed E-state index contributed by atoms with van der Waals surface area (Å²) < 4.78 is 0. The molecule has 0 saturated carbocycles. The minimum Gasteiger partial charge on any atom is -0.345 e. The Kier molecular flexibility index (Phi) is 5.27. The maximum atomic E-state index is 12.2. The second-order valence-electron chi connectivity index (χ2n) is 5.35. The van der Waals surface area contributed by atoms with Crippen molar-refractivity contribution in [3.05, 3.63) is 29.8 Å². The molecule has 0 spiro atoms.